The number of benzene rings is 1. The Morgan fingerprint density at radius 3 is 2.83 bits per heavy atom. The lowest BCUT2D eigenvalue weighted by atomic mass is 10.2. The summed E-state index contributed by atoms with van der Waals surface area (Å²) in [5.74, 6) is 0. The molecule has 0 saturated carbocycles. The van der Waals surface area contributed by atoms with Crippen LogP contribution in [0.15, 0.2) is 55.1 Å². The van der Waals surface area contributed by atoms with Gasteiger partial charge in [0.25, 0.3) is 0 Å². The van der Waals surface area contributed by atoms with E-state index in [2.05, 4.69) is 57.9 Å². The highest BCUT2D eigenvalue weighted by molar-refractivity contribution is 5.48. The van der Waals surface area contributed by atoms with E-state index in [-0.39, 0.29) is 0 Å². The summed E-state index contributed by atoms with van der Waals surface area (Å²) < 4.78 is 2.09. The van der Waals surface area contributed by atoms with Crippen LogP contribution in [0.2, 0.25) is 0 Å². The standard InChI is InChI=1S/C15H19N3/c1-17(12-13-18-11-9-16-14-18)10-5-8-15-6-3-2-4-7-15/h2-9,11,14H,10,12-13H2,1H3/b8-5+. The van der Waals surface area contributed by atoms with Gasteiger partial charge in [0.1, 0.15) is 0 Å². The van der Waals surface area contributed by atoms with Gasteiger partial charge in [0.15, 0.2) is 0 Å². The highest BCUT2D eigenvalue weighted by Gasteiger charge is 1.95. The van der Waals surface area contributed by atoms with Crippen LogP contribution in [0, 0.1) is 0 Å². The maximum absolute atomic E-state index is 4.03. The van der Waals surface area contributed by atoms with Crippen LogP contribution >= 0.6 is 0 Å². The van der Waals surface area contributed by atoms with E-state index in [0.717, 1.165) is 19.6 Å². The number of aromatic nitrogens is 2. The molecular formula is C15H19N3. The molecule has 2 aromatic rings. The molecule has 94 valence electrons. The van der Waals surface area contributed by atoms with Crippen LogP contribution in [-0.2, 0) is 6.54 Å². The molecule has 0 radical (unpaired) electrons. The smallest absolute Gasteiger partial charge is 0.0946 e. The Morgan fingerprint density at radius 1 is 1.28 bits per heavy atom. The summed E-state index contributed by atoms with van der Waals surface area (Å²) >= 11 is 0. The molecule has 3 nitrogen and oxygen atoms in total. The van der Waals surface area contributed by atoms with Gasteiger partial charge in [0.05, 0.1) is 6.33 Å². The SMILES string of the molecule is CN(C/C=C/c1ccccc1)CCn1ccnc1. The third kappa shape index (κ3) is 4.18. The fraction of sp³-hybridized carbons (Fsp3) is 0.267. The first-order chi connectivity index (χ1) is 8.84. The third-order valence-corrected chi connectivity index (χ3v) is 2.83. The Balaban J connectivity index is 1.71. The van der Waals surface area contributed by atoms with Gasteiger partial charge in [-0.15, -0.1) is 0 Å². The second kappa shape index (κ2) is 6.77. The lowest BCUT2D eigenvalue weighted by molar-refractivity contribution is 0.351. The molecule has 0 bridgehead atoms. The zero-order valence-electron chi connectivity index (χ0n) is 10.7. The fourth-order valence-corrected chi connectivity index (χ4v) is 1.73. The zero-order chi connectivity index (χ0) is 12.6. The highest BCUT2D eigenvalue weighted by atomic mass is 15.1. The molecule has 3 heteroatoms. The largest absolute Gasteiger partial charge is 0.336 e. The zero-order valence-corrected chi connectivity index (χ0v) is 10.7. The predicted octanol–water partition coefficient (Wildman–Crippen LogP) is 2.53. The lowest BCUT2D eigenvalue weighted by Crippen LogP contribution is -2.22. The highest BCUT2D eigenvalue weighted by Crippen LogP contribution is 2.01. The van der Waals surface area contributed by atoms with Crippen LogP contribution in [0.5, 0.6) is 0 Å². The van der Waals surface area contributed by atoms with Crippen LogP contribution in [0.3, 0.4) is 0 Å². The van der Waals surface area contributed by atoms with Crippen molar-refractivity contribution in [2.45, 2.75) is 6.54 Å². The Kier molecular flexibility index (Phi) is 4.73. The van der Waals surface area contributed by atoms with E-state index >= 15 is 0 Å². The van der Waals surface area contributed by atoms with Crippen molar-refractivity contribution in [2.75, 3.05) is 20.1 Å². The van der Waals surface area contributed by atoms with E-state index in [4.69, 9.17) is 0 Å². The van der Waals surface area contributed by atoms with Crippen LogP contribution < -0.4 is 0 Å². The van der Waals surface area contributed by atoms with Crippen LogP contribution in [0.4, 0.5) is 0 Å². The molecule has 0 atom stereocenters. The topological polar surface area (TPSA) is 21.1 Å². The molecule has 0 aliphatic heterocycles. The summed E-state index contributed by atoms with van der Waals surface area (Å²) in [5, 5.41) is 0. The molecule has 0 spiro atoms. The maximum Gasteiger partial charge on any atom is 0.0946 e. The third-order valence-electron chi connectivity index (χ3n) is 2.83. The molecule has 1 aromatic heterocycles. The molecule has 0 fully saturated rings. The molecule has 0 amide bonds. The van der Waals surface area contributed by atoms with Crippen molar-refractivity contribution in [1.29, 1.82) is 0 Å². The van der Waals surface area contributed by atoms with Crippen molar-refractivity contribution in [3.05, 3.63) is 60.7 Å². The molecule has 0 saturated heterocycles. The van der Waals surface area contributed by atoms with Crippen molar-refractivity contribution in [1.82, 2.24) is 14.5 Å². The Morgan fingerprint density at radius 2 is 2.11 bits per heavy atom. The van der Waals surface area contributed by atoms with Crippen molar-refractivity contribution < 1.29 is 0 Å². The molecule has 0 N–H and O–H groups in total. The molecule has 0 aliphatic carbocycles. The van der Waals surface area contributed by atoms with E-state index < -0.39 is 0 Å². The van der Waals surface area contributed by atoms with Gasteiger partial charge < -0.3 is 9.47 Å². The summed E-state index contributed by atoms with van der Waals surface area (Å²) in [6, 6.07) is 10.4. The summed E-state index contributed by atoms with van der Waals surface area (Å²) in [6.45, 7) is 2.97. The Hall–Kier alpha value is -1.87. The van der Waals surface area contributed by atoms with E-state index in [1.807, 2.05) is 24.8 Å². The quantitative estimate of drug-likeness (QED) is 0.775. The normalized spacial score (nSPS) is 11.4. The van der Waals surface area contributed by atoms with Crippen LogP contribution in [0.25, 0.3) is 6.08 Å². The minimum atomic E-state index is 0.962. The molecule has 1 aromatic carbocycles. The van der Waals surface area contributed by atoms with E-state index in [1.165, 1.54) is 5.56 Å². The summed E-state index contributed by atoms with van der Waals surface area (Å²) in [5.41, 5.74) is 1.25. The first-order valence-electron chi connectivity index (χ1n) is 6.20. The van der Waals surface area contributed by atoms with Crippen molar-refractivity contribution in [3.63, 3.8) is 0 Å². The van der Waals surface area contributed by atoms with Gasteiger partial charge >= 0.3 is 0 Å². The Labute approximate surface area is 108 Å². The average Bonchev–Trinajstić information content (AvgIpc) is 2.91. The van der Waals surface area contributed by atoms with Gasteiger partial charge in [0.2, 0.25) is 0 Å². The van der Waals surface area contributed by atoms with Crippen LogP contribution in [-0.4, -0.2) is 34.6 Å². The fourth-order valence-electron chi connectivity index (χ4n) is 1.73. The number of hydrogen-bond donors (Lipinski definition) is 0. The first kappa shape index (κ1) is 12.6. The summed E-state index contributed by atoms with van der Waals surface area (Å²) in [6.07, 6.45) is 10.0. The minimum absolute atomic E-state index is 0.962. The number of hydrogen-bond acceptors (Lipinski definition) is 2. The number of rotatable bonds is 6. The van der Waals surface area contributed by atoms with Crippen LogP contribution in [0.1, 0.15) is 5.56 Å². The summed E-state index contributed by atoms with van der Waals surface area (Å²) in [7, 11) is 2.13. The van der Waals surface area contributed by atoms with Gasteiger partial charge in [-0.3, -0.25) is 0 Å². The minimum Gasteiger partial charge on any atom is -0.336 e. The van der Waals surface area contributed by atoms with Gasteiger partial charge in [0, 0.05) is 32.0 Å². The maximum atomic E-state index is 4.03. The average molecular weight is 241 g/mol. The van der Waals surface area contributed by atoms with Gasteiger partial charge in [-0.2, -0.15) is 0 Å². The molecular weight excluding hydrogens is 222 g/mol. The number of imidazole rings is 1. The van der Waals surface area contributed by atoms with E-state index in [0.29, 0.717) is 0 Å². The summed E-state index contributed by atoms with van der Waals surface area (Å²) in [4.78, 5) is 6.32. The number of likely N-dealkylation sites (N-methyl/N-ethyl adjacent to an activating group) is 1. The van der Waals surface area contributed by atoms with Gasteiger partial charge in [-0.05, 0) is 12.6 Å². The van der Waals surface area contributed by atoms with Crippen molar-refractivity contribution >= 4 is 6.08 Å². The predicted molar refractivity (Wildman–Crippen MR) is 75.2 cm³/mol. The Bertz CT molecular complexity index is 460. The molecule has 1 heterocycles. The van der Waals surface area contributed by atoms with Gasteiger partial charge in [-0.1, -0.05) is 42.5 Å². The monoisotopic (exact) mass is 241 g/mol. The second-order valence-corrected chi connectivity index (χ2v) is 4.38. The van der Waals surface area contributed by atoms with Crippen molar-refractivity contribution in [2.24, 2.45) is 0 Å². The molecule has 0 unspecified atom stereocenters. The van der Waals surface area contributed by atoms with E-state index in [9.17, 15) is 0 Å². The second-order valence-electron chi connectivity index (χ2n) is 4.38. The lowest BCUT2D eigenvalue weighted by Gasteiger charge is -2.14. The number of nitrogens with zero attached hydrogens (tertiary/aromatic N) is 3. The van der Waals surface area contributed by atoms with E-state index in [1.54, 1.807) is 0 Å². The molecule has 18 heavy (non-hydrogen) atoms. The van der Waals surface area contributed by atoms with Crippen molar-refractivity contribution in [3.8, 4) is 0 Å². The first-order valence-corrected chi connectivity index (χ1v) is 6.20. The molecule has 2 rings (SSSR count). The van der Waals surface area contributed by atoms with Gasteiger partial charge in [-0.25, -0.2) is 4.98 Å². The molecule has 0 aliphatic rings.